The molecule has 142 valence electrons. The van der Waals surface area contributed by atoms with Crippen molar-refractivity contribution >= 4 is 5.78 Å². The molecule has 0 bridgehead atoms. The molecule has 0 spiro atoms. The second-order valence-electron chi connectivity index (χ2n) is 7.07. The molecular weight excluding hydrogens is 355 g/mol. The fourth-order valence-electron chi connectivity index (χ4n) is 3.58. The van der Waals surface area contributed by atoms with Crippen molar-refractivity contribution in [2.45, 2.75) is 38.4 Å². The Morgan fingerprint density at radius 2 is 1.81 bits per heavy atom. The zero-order chi connectivity index (χ0) is 19.0. The number of rotatable bonds is 3. The summed E-state index contributed by atoms with van der Waals surface area (Å²) in [6.07, 6.45) is -1.83. The maximum Gasteiger partial charge on any atom is 0.433 e. The highest BCUT2D eigenvalue weighted by atomic mass is 19.4. The molecule has 1 saturated heterocycles. The molecule has 1 aromatic carbocycles. The van der Waals surface area contributed by atoms with E-state index >= 15 is 0 Å². The zero-order valence-corrected chi connectivity index (χ0v) is 14.9. The second kappa shape index (κ2) is 6.92. The van der Waals surface area contributed by atoms with E-state index in [9.17, 15) is 13.2 Å². The van der Waals surface area contributed by atoms with Crippen LogP contribution in [0.5, 0.6) is 0 Å². The van der Waals surface area contributed by atoms with Crippen molar-refractivity contribution in [3.05, 3.63) is 59.2 Å². The largest absolute Gasteiger partial charge is 0.433 e. The number of piperidine rings is 1. The van der Waals surface area contributed by atoms with E-state index in [0.717, 1.165) is 49.4 Å². The molecular formula is C19H20F3N5. The van der Waals surface area contributed by atoms with Crippen LogP contribution < -0.4 is 0 Å². The molecule has 0 N–H and O–H groups in total. The highest BCUT2D eigenvalue weighted by Gasteiger charge is 2.36. The van der Waals surface area contributed by atoms with Crippen LogP contribution in [0.1, 0.15) is 41.3 Å². The summed E-state index contributed by atoms with van der Waals surface area (Å²) in [6.45, 7) is 4.58. The number of fused-ring (bicyclic) bond motifs is 1. The van der Waals surface area contributed by atoms with Gasteiger partial charge in [-0.1, -0.05) is 29.8 Å². The lowest BCUT2D eigenvalue weighted by Gasteiger charge is -2.32. The number of alkyl halides is 3. The van der Waals surface area contributed by atoms with Crippen LogP contribution >= 0.6 is 0 Å². The van der Waals surface area contributed by atoms with E-state index in [1.807, 2.05) is 0 Å². The van der Waals surface area contributed by atoms with Gasteiger partial charge in [0.25, 0.3) is 5.78 Å². The van der Waals surface area contributed by atoms with E-state index in [1.165, 1.54) is 11.1 Å². The summed E-state index contributed by atoms with van der Waals surface area (Å²) in [6, 6.07) is 9.56. The van der Waals surface area contributed by atoms with E-state index < -0.39 is 11.9 Å². The quantitative estimate of drug-likeness (QED) is 0.698. The average molecular weight is 375 g/mol. The van der Waals surface area contributed by atoms with Crippen molar-refractivity contribution in [1.82, 2.24) is 24.5 Å². The third-order valence-electron chi connectivity index (χ3n) is 5.09. The maximum atomic E-state index is 13.4. The van der Waals surface area contributed by atoms with Gasteiger partial charge >= 0.3 is 6.18 Å². The molecule has 1 aliphatic heterocycles. The summed E-state index contributed by atoms with van der Waals surface area (Å²) >= 11 is 0. The molecule has 3 aromatic rings. The summed E-state index contributed by atoms with van der Waals surface area (Å²) in [7, 11) is 0. The molecule has 5 nitrogen and oxygen atoms in total. The van der Waals surface area contributed by atoms with Crippen molar-refractivity contribution in [3.63, 3.8) is 0 Å². The summed E-state index contributed by atoms with van der Waals surface area (Å²) in [5.41, 5.74) is 2.12. The van der Waals surface area contributed by atoms with Crippen LogP contribution in [0.4, 0.5) is 13.2 Å². The molecule has 2 aromatic heterocycles. The van der Waals surface area contributed by atoms with Crippen molar-refractivity contribution < 1.29 is 13.2 Å². The standard InChI is InChI=1S/C19H20F3N5/c1-13-2-4-14(5-3-13)11-26-8-6-15(7-9-26)16-10-17(19(20,21)22)27-18(25-16)23-12-24-27/h2-5,10,12,15H,6-9,11H2,1H3. The number of hydrogen-bond acceptors (Lipinski definition) is 4. The molecule has 4 rings (SSSR count). The van der Waals surface area contributed by atoms with Crippen LogP contribution in [0, 0.1) is 6.92 Å². The van der Waals surface area contributed by atoms with E-state index in [1.54, 1.807) is 0 Å². The van der Waals surface area contributed by atoms with Gasteiger partial charge in [0.15, 0.2) is 5.69 Å². The van der Waals surface area contributed by atoms with E-state index in [0.29, 0.717) is 5.69 Å². The lowest BCUT2D eigenvalue weighted by atomic mass is 9.92. The van der Waals surface area contributed by atoms with Gasteiger partial charge in [-0.05, 0) is 44.5 Å². The first-order chi connectivity index (χ1) is 12.9. The number of hydrogen-bond donors (Lipinski definition) is 0. The molecule has 8 heteroatoms. The number of aryl methyl sites for hydroxylation is 1. The molecule has 3 heterocycles. The maximum absolute atomic E-state index is 13.4. The minimum atomic E-state index is -4.49. The minimum absolute atomic E-state index is 0.00177. The monoisotopic (exact) mass is 375 g/mol. The fraction of sp³-hybridized carbons (Fsp3) is 0.421. The summed E-state index contributed by atoms with van der Waals surface area (Å²) in [5.74, 6) is 0.00368. The summed E-state index contributed by atoms with van der Waals surface area (Å²) < 4.78 is 40.8. The predicted octanol–water partition coefficient (Wildman–Crippen LogP) is 3.83. The Hall–Kier alpha value is -2.48. The highest BCUT2D eigenvalue weighted by molar-refractivity contribution is 5.33. The van der Waals surface area contributed by atoms with Gasteiger partial charge in [0.2, 0.25) is 0 Å². The molecule has 1 aliphatic rings. The average Bonchev–Trinajstić information content (AvgIpc) is 3.11. The van der Waals surface area contributed by atoms with Crippen LogP contribution in [0.2, 0.25) is 0 Å². The topological polar surface area (TPSA) is 46.3 Å². The third kappa shape index (κ3) is 3.80. The van der Waals surface area contributed by atoms with Gasteiger partial charge in [-0.15, -0.1) is 0 Å². The Morgan fingerprint density at radius 3 is 2.48 bits per heavy atom. The van der Waals surface area contributed by atoms with Gasteiger partial charge in [-0.3, -0.25) is 4.90 Å². The normalized spacial score (nSPS) is 16.9. The van der Waals surface area contributed by atoms with Gasteiger partial charge in [0.1, 0.15) is 6.33 Å². The molecule has 0 amide bonds. The van der Waals surface area contributed by atoms with Gasteiger partial charge in [0.05, 0.1) is 0 Å². The van der Waals surface area contributed by atoms with Crippen molar-refractivity contribution in [1.29, 1.82) is 0 Å². The van der Waals surface area contributed by atoms with Crippen LogP contribution in [0.3, 0.4) is 0 Å². The molecule has 0 radical (unpaired) electrons. The molecule has 0 aliphatic carbocycles. The highest BCUT2D eigenvalue weighted by Crippen LogP contribution is 2.33. The van der Waals surface area contributed by atoms with Crippen LogP contribution in [-0.4, -0.2) is 37.6 Å². The smallest absolute Gasteiger partial charge is 0.299 e. The third-order valence-corrected chi connectivity index (χ3v) is 5.09. The lowest BCUT2D eigenvalue weighted by molar-refractivity contribution is -0.142. The van der Waals surface area contributed by atoms with E-state index in [2.05, 4.69) is 51.2 Å². The van der Waals surface area contributed by atoms with Crippen LogP contribution in [-0.2, 0) is 12.7 Å². The second-order valence-corrected chi connectivity index (χ2v) is 7.07. The van der Waals surface area contributed by atoms with Crippen LogP contribution in [0.25, 0.3) is 5.78 Å². The van der Waals surface area contributed by atoms with Gasteiger partial charge in [-0.25, -0.2) is 4.98 Å². The van der Waals surface area contributed by atoms with Crippen molar-refractivity contribution in [2.75, 3.05) is 13.1 Å². The number of nitrogens with zero attached hydrogens (tertiary/aromatic N) is 5. The van der Waals surface area contributed by atoms with Gasteiger partial charge < -0.3 is 0 Å². The number of aromatic nitrogens is 4. The number of halogens is 3. The first-order valence-corrected chi connectivity index (χ1v) is 8.96. The zero-order valence-electron chi connectivity index (χ0n) is 14.9. The molecule has 0 unspecified atom stereocenters. The fourth-order valence-corrected chi connectivity index (χ4v) is 3.58. The van der Waals surface area contributed by atoms with Crippen molar-refractivity contribution in [2.24, 2.45) is 0 Å². The Morgan fingerprint density at radius 1 is 1.11 bits per heavy atom. The Kier molecular flexibility index (Phi) is 4.59. The number of likely N-dealkylation sites (tertiary alicyclic amines) is 1. The summed E-state index contributed by atoms with van der Waals surface area (Å²) in [4.78, 5) is 10.5. The SMILES string of the molecule is Cc1ccc(CN2CCC(c3cc(C(F)(F)F)n4ncnc4n3)CC2)cc1. The van der Waals surface area contributed by atoms with E-state index in [4.69, 9.17) is 0 Å². The van der Waals surface area contributed by atoms with Crippen molar-refractivity contribution in [3.8, 4) is 0 Å². The summed E-state index contributed by atoms with van der Waals surface area (Å²) in [5, 5.41) is 3.65. The first-order valence-electron chi connectivity index (χ1n) is 8.96. The van der Waals surface area contributed by atoms with Crippen LogP contribution in [0.15, 0.2) is 36.7 Å². The minimum Gasteiger partial charge on any atom is -0.299 e. The van der Waals surface area contributed by atoms with E-state index in [-0.39, 0.29) is 11.7 Å². The predicted molar refractivity (Wildman–Crippen MR) is 94.2 cm³/mol. The Labute approximate surface area is 154 Å². The lowest BCUT2D eigenvalue weighted by Crippen LogP contribution is -2.33. The Balaban J connectivity index is 1.48. The Bertz CT molecular complexity index is 925. The van der Waals surface area contributed by atoms with Gasteiger partial charge in [0, 0.05) is 18.2 Å². The number of benzene rings is 1. The molecule has 27 heavy (non-hydrogen) atoms. The molecule has 0 saturated carbocycles. The first kappa shape index (κ1) is 17.9. The molecule has 1 fully saturated rings. The molecule has 0 atom stereocenters. The van der Waals surface area contributed by atoms with Gasteiger partial charge in [-0.2, -0.15) is 27.8 Å².